The Morgan fingerprint density at radius 1 is 1.08 bits per heavy atom. The molecule has 6 rings (SSSR count). The zero-order chi connectivity index (χ0) is 26.8. The van der Waals surface area contributed by atoms with Gasteiger partial charge >= 0.3 is 6.03 Å². The van der Waals surface area contributed by atoms with Gasteiger partial charge in [0.25, 0.3) is 0 Å². The smallest absolute Gasteiger partial charge is 0.327 e. The highest BCUT2D eigenvalue weighted by Gasteiger charge is 2.31. The SMILES string of the molecule is O=C1NC2NC(c3ccc(S(=O)(=O)NC4CCNCC4)cc3)=CC2=CN1c1cccc(OCc2cnc[nH]2)c1. The summed E-state index contributed by atoms with van der Waals surface area (Å²) in [7, 11) is -3.59. The molecule has 1 fully saturated rings. The second-order valence-electron chi connectivity index (χ2n) is 9.62. The summed E-state index contributed by atoms with van der Waals surface area (Å²) in [5.41, 5.74) is 4.00. The number of amides is 2. The van der Waals surface area contributed by atoms with Crippen LogP contribution < -0.4 is 30.3 Å². The molecule has 1 atom stereocenters. The molecule has 0 bridgehead atoms. The summed E-state index contributed by atoms with van der Waals surface area (Å²) in [5, 5.41) is 9.52. The lowest BCUT2D eigenvalue weighted by atomic mass is 10.1. The summed E-state index contributed by atoms with van der Waals surface area (Å²) in [6.45, 7) is 1.95. The van der Waals surface area contributed by atoms with Crippen molar-refractivity contribution in [2.24, 2.45) is 0 Å². The summed E-state index contributed by atoms with van der Waals surface area (Å²) in [6.07, 6.45) is 8.20. The fourth-order valence-electron chi connectivity index (χ4n) is 4.81. The van der Waals surface area contributed by atoms with E-state index in [1.54, 1.807) is 49.1 Å². The number of nitrogens with zero attached hydrogens (tertiary/aromatic N) is 2. The van der Waals surface area contributed by atoms with Gasteiger partial charge in [0, 0.05) is 29.6 Å². The Kier molecular flexibility index (Phi) is 6.81. The number of H-pyrrole nitrogens is 1. The molecule has 3 aromatic rings. The third-order valence-corrected chi connectivity index (χ3v) is 8.43. The Bertz CT molecular complexity index is 1510. The van der Waals surface area contributed by atoms with Crippen LogP contribution in [0.3, 0.4) is 0 Å². The van der Waals surface area contributed by atoms with Crippen LogP contribution in [0.1, 0.15) is 24.1 Å². The molecule has 3 aliphatic heterocycles. The topological polar surface area (TPSA) is 140 Å². The molecule has 39 heavy (non-hydrogen) atoms. The number of rotatable bonds is 8. The van der Waals surface area contributed by atoms with Crippen LogP contribution in [-0.2, 0) is 16.6 Å². The predicted molar refractivity (Wildman–Crippen MR) is 146 cm³/mol. The molecule has 2 amide bonds. The van der Waals surface area contributed by atoms with E-state index < -0.39 is 10.0 Å². The number of nitrogens with one attached hydrogen (secondary N) is 5. The van der Waals surface area contributed by atoms with Crippen LogP contribution in [0.5, 0.6) is 5.75 Å². The molecule has 3 aliphatic rings. The van der Waals surface area contributed by atoms with Crippen LogP contribution in [0.4, 0.5) is 10.5 Å². The van der Waals surface area contributed by atoms with E-state index >= 15 is 0 Å². The number of fused-ring (bicyclic) bond motifs is 1. The highest BCUT2D eigenvalue weighted by molar-refractivity contribution is 7.89. The standard InChI is InChI=1S/C27H29N7O4S/c35-27-32-26-19(15-34(27)22-2-1-3-23(13-22)38-16-21-14-29-17-30-21)12-25(31-26)18-4-6-24(7-5-18)39(36,37)33-20-8-10-28-11-9-20/h1-7,12-15,17,20,26,28,31,33H,8-11,16H2,(H,29,30)(H,32,35). The van der Waals surface area contributed by atoms with E-state index in [4.69, 9.17) is 4.74 Å². The first kappa shape index (κ1) is 25.2. The fraction of sp³-hybridized carbons (Fsp3) is 0.259. The van der Waals surface area contributed by atoms with E-state index in [0.717, 1.165) is 48.5 Å². The quantitative estimate of drug-likeness (QED) is 0.292. The summed E-state index contributed by atoms with van der Waals surface area (Å²) in [5.74, 6) is 0.626. The number of anilines is 1. The van der Waals surface area contributed by atoms with Gasteiger partial charge in [0.05, 0.1) is 28.8 Å². The Balaban J connectivity index is 1.16. The molecule has 1 saturated heterocycles. The number of carbonyl (C=O) groups excluding carboxylic acids is 1. The average molecular weight is 548 g/mol. The van der Waals surface area contributed by atoms with E-state index in [1.165, 1.54) is 4.90 Å². The predicted octanol–water partition coefficient (Wildman–Crippen LogP) is 2.40. The van der Waals surface area contributed by atoms with Crippen LogP contribution >= 0.6 is 0 Å². The van der Waals surface area contributed by atoms with Crippen LogP contribution in [-0.4, -0.2) is 49.7 Å². The molecule has 4 heterocycles. The van der Waals surface area contributed by atoms with Crippen LogP contribution in [0, 0.1) is 0 Å². The number of sulfonamides is 1. The Hall–Kier alpha value is -4.13. The second-order valence-corrected chi connectivity index (χ2v) is 11.3. The largest absolute Gasteiger partial charge is 0.487 e. The number of hydrogen-bond acceptors (Lipinski definition) is 7. The third-order valence-electron chi connectivity index (χ3n) is 6.89. The zero-order valence-corrected chi connectivity index (χ0v) is 21.9. The van der Waals surface area contributed by atoms with Gasteiger partial charge in [-0.05, 0) is 61.8 Å². The molecule has 0 saturated carbocycles. The fourth-order valence-corrected chi connectivity index (χ4v) is 6.11. The minimum Gasteiger partial charge on any atom is -0.487 e. The van der Waals surface area contributed by atoms with Gasteiger partial charge in [0.15, 0.2) is 0 Å². The highest BCUT2D eigenvalue weighted by Crippen LogP contribution is 2.30. The third kappa shape index (κ3) is 5.53. The van der Waals surface area contributed by atoms with Crippen molar-refractivity contribution in [3.63, 3.8) is 0 Å². The maximum absolute atomic E-state index is 12.9. The van der Waals surface area contributed by atoms with Crippen LogP contribution in [0.15, 0.2) is 83.8 Å². The molecule has 1 aromatic heterocycles. The van der Waals surface area contributed by atoms with E-state index in [9.17, 15) is 13.2 Å². The van der Waals surface area contributed by atoms with Crippen molar-refractivity contribution < 1.29 is 17.9 Å². The lowest BCUT2D eigenvalue weighted by Crippen LogP contribution is -2.51. The minimum absolute atomic E-state index is 0.0553. The normalized spacial score (nSPS) is 19.5. The van der Waals surface area contributed by atoms with Crippen molar-refractivity contribution in [2.75, 3.05) is 18.0 Å². The van der Waals surface area contributed by atoms with Gasteiger partial charge in [0.2, 0.25) is 10.0 Å². The van der Waals surface area contributed by atoms with Crippen LogP contribution in [0.25, 0.3) is 5.70 Å². The lowest BCUT2D eigenvalue weighted by Gasteiger charge is -2.29. The summed E-state index contributed by atoms with van der Waals surface area (Å²) in [4.78, 5) is 21.7. The van der Waals surface area contributed by atoms with Gasteiger partial charge in [-0.15, -0.1) is 0 Å². The van der Waals surface area contributed by atoms with E-state index in [0.29, 0.717) is 18.0 Å². The average Bonchev–Trinajstić information content (AvgIpc) is 3.62. The lowest BCUT2D eigenvalue weighted by molar-refractivity contribution is 0.244. The zero-order valence-electron chi connectivity index (χ0n) is 21.1. The molecule has 202 valence electrons. The maximum Gasteiger partial charge on any atom is 0.327 e. The van der Waals surface area contributed by atoms with Crippen LogP contribution in [0.2, 0.25) is 0 Å². The summed E-state index contributed by atoms with van der Waals surface area (Å²) >= 11 is 0. The maximum atomic E-state index is 12.9. The number of ether oxygens (including phenoxy) is 1. The van der Waals surface area contributed by atoms with Gasteiger partial charge in [-0.25, -0.2) is 22.9 Å². The van der Waals surface area contributed by atoms with Crippen molar-refractivity contribution in [2.45, 2.75) is 36.6 Å². The molecule has 11 nitrogen and oxygen atoms in total. The van der Waals surface area contributed by atoms with Crippen molar-refractivity contribution in [1.29, 1.82) is 0 Å². The number of imidazole rings is 1. The molecule has 0 spiro atoms. The molecule has 12 heteroatoms. The Morgan fingerprint density at radius 2 is 1.90 bits per heavy atom. The van der Waals surface area contributed by atoms with E-state index in [-0.39, 0.29) is 23.1 Å². The molecule has 5 N–H and O–H groups in total. The van der Waals surface area contributed by atoms with Crippen molar-refractivity contribution in [1.82, 2.24) is 30.6 Å². The monoisotopic (exact) mass is 547 g/mol. The highest BCUT2D eigenvalue weighted by atomic mass is 32.2. The molecular weight excluding hydrogens is 518 g/mol. The first-order valence-corrected chi connectivity index (χ1v) is 14.3. The van der Waals surface area contributed by atoms with Crippen molar-refractivity contribution in [3.05, 3.63) is 90.2 Å². The molecule has 0 aliphatic carbocycles. The molecule has 1 unspecified atom stereocenters. The number of benzene rings is 2. The molecule has 2 aromatic carbocycles. The number of hydrogen-bond donors (Lipinski definition) is 5. The van der Waals surface area contributed by atoms with E-state index in [1.807, 2.05) is 24.3 Å². The van der Waals surface area contributed by atoms with Crippen molar-refractivity contribution in [3.8, 4) is 5.75 Å². The number of carbonyl (C=O) groups is 1. The number of piperidine rings is 1. The van der Waals surface area contributed by atoms with Gasteiger partial charge in [-0.1, -0.05) is 18.2 Å². The van der Waals surface area contributed by atoms with Gasteiger partial charge in [0.1, 0.15) is 18.5 Å². The Labute approximate surface area is 226 Å². The number of aromatic nitrogens is 2. The number of urea groups is 1. The van der Waals surface area contributed by atoms with Gasteiger partial charge in [-0.3, -0.25) is 4.90 Å². The summed E-state index contributed by atoms with van der Waals surface area (Å²) in [6, 6.07) is 13.7. The van der Waals surface area contributed by atoms with Gasteiger partial charge in [-0.2, -0.15) is 0 Å². The first-order valence-electron chi connectivity index (χ1n) is 12.8. The summed E-state index contributed by atoms with van der Waals surface area (Å²) < 4.78 is 34.3. The first-order chi connectivity index (χ1) is 18.9. The van der Waals surface area contributed by atoms with Crippen molar-refractivity contribution >= 4 is 27.4 Å². The number of aromatic amines is 1. The molecular formula is C27H29N7O4S. The minimum atomic E-state index is -3.59. The van der Waals surface area contributed by atoms with Gasteiger partial charge < -0.3 is 25.7 Å². The Morgan fingerprint density at radius 3 is 2.67 bits per heavy atom. The van der Waals surface area contributed by atoms with E-state index in [2.05, 4.69) is 30.6 Å². The molecule has 0 radical (unpaired) electrons. The second kappa shape index (κ2) is 10.6.